The molecule has 0 radical (unpaired) electrons. The Kier molecular flexibility index (Phi) is 2.83. The number of aromatic amines is 1. The molecule has 0 aliphatic rings. The van der Waals surface area contributed by atoms with Crippen molar-refractivity contribution in [3.8, 4) is 22.8 Å². The van der Waals surface area contributed by atoms with Gasteiger partial charge in [-0.1, -0.05) is 30.3 Å². The summed E-state index contributed by atoms with van der Waals surface area (Å²) in [7, 11) is 0. The van der Waals surface area contributed by atoms with Crippen LogP contribution in [0.2, 0.25) is 0 Å². The number of nitrogens with one attached hydrogen (secondary N) is 1. The standard InChI is InChI=1S/C15H14N4/c1-10-8-9-13(11(2)16-10)15-17-14(18-19-15)12-6-4-3-5-7-12/h3-9H,1-2H3,(H,17,18,19). The van der Waals surface area contributed by atoms with Crippen LogP contribution in [0.5, 0.6) is 0 Å². The van der Waals surface area contributed by atoms with Gasteiger partial charge in [0.1, 0.15) is 0 Å². The third-order valence-electron chi connectivity index (χ3n) is 3.00. The Bertz CT molecular complexity index is 701. The summed E-state index contributed by atoms with van der Waals surface area (Å²) in [6.45, 7) is 3.96. The first-order chi connectivity index (χ1) is 9.24. The molecule has 94 valence electrons. The Morgan fingerprint density at radius 2 is 1.68 bits per heavy atom. The lowest BCUT2D eigenvalue weighted by molar-refractivity contribution is 1.08. The number of pyridine rings is 1. The molecule has 2 heterocycles. The zero-order valence-electron chi connectivity index (χ0n) is 10.9. The molecule has 0 unspecified atom stereocenters. The van der Waals surface area contributed by atoms with Gasteiger partial charge in [0.05, 0.1) is 0 Å². The van der Waals surface area contributed by atoms with Crippen molar-refractivity contribution >= 4 is 0 Å². The Morgan fingerprint density at radius 1 is 0.895 bits per heavy atom. The van der Waals surface area contributed by atoms with Crippen molar-refractivity contribution in [3.63, 3.8) is 0 Å². The molecular weight excluding hydrogens is 236 g/mol. The van der Waals surface area contributed by atoms with E-state index in [2.05, 4.69) is 20.2 Å². The SMILES string of the molecule is Cc1ccc(-c2nc(-c3ccccc3)n[nH]2)c(C)n1. The number of hydrogen-bond donors (Lipinski definition) is 1. The molecule has 3 rings (SSSR count). The van der Waals surface area contributed by atoms with Gasteiger partial charge in [0, 0.05) is 22.5 Å². The Balaban J connectivity index is 2.02. The van der Waals surface area contributed by atoms with Crippen LogP contribution in [0.4, 0.5) is 0 Å². The second-order valence-electron chi connectivity index (χ2n) is 4.46. The number of H-pyrrole nitrogens is 1. The quantitative estimate of drug-likeness (QED) is 0.760. The molecule has 0 bridgehead atoms. The Hall–Kier alpha value is -2.49. The molecule has 19 heavy (non-hydrogen) atoms. The lowest BCUT2D eigenvalue weighted by Crippen LogP contribution is -1.91. The molecule has 4 heteroatoms. The molecule has 0 atom stereocenters. The predicted molar refractivity (Wildman–Crippen MR) is 74.5 cm³/mol. The van der Waals surface area contributed by atoms with E-state index in [1.807, 2.05) is 56.3 Å². The fourth-order valence-electron chi connectivity index (χ4n) is 2.04. The van der Waals surface area contributed by atoms with Crippen molar-refractivity contribution in [3.05, 3.63) is 53.9 Å². The van der Waals surface area contributed by atoms with Crippen LogP contribution in [0.25, 0.3) is 22.8 Å². The van der Waals surface area contributed by atoms with E-state index in [-0.39, 0.29) is 0 Å². The monoisotopic (exact) mass is 250 g/mol. The summed E-state index contributed by atoms with van der Waals surface area (Å²) in [5.74, 6) is 1.46. The molecule has 0 aliphatic carbocycles. The molecular formula is C15H14N4. The van der Waals surface area contributed by atoms with Gasteiger partial charge < -0.3 is 0 Å². The van der Waals surface area contributed by atoms with Crippen LogP contribution in [0.3, 0.4) is 0 Å². The van der Waals surface area contributed by atoms with Crippen LogP contribution < -0.4 is 0 Å². The van der Waals surface area contributed by atoms with Gasteiger partial charge in [0.25, 0.3) is 0 Å². The summed E-state index contributed by atoms with van der Waals surface area (Å²) in [6, 6.07) is 13.9. The zero-order valence-corrected chi connectivity index (χ0v) is 10.9. The molecule has 0 saturated carbocycles. The molecule has 1 aromatic carbocycles. The van der Waals surface area contributed by atoms with Gasteiger partial charge in [0.2, 0.25) is 0 Å². The highest BCUT2D eigenvalue weighted by Crippen LogP contribution is 2.21. The first-order valence-corrected chi connectivity index (χ1v) is 6.16. The average molecular weight is 250 g/mol. The average Bonchev–Trinajstić information content (AvgIpc) is 2.89. The maximum atomic E-state index is 4.53. The Labute approximate surface area is 111 Å². The van der Waals surface area contributed by atoms with Gasteiger partial charge in [-0.3, -0.25) is 10.1 Å². The van der Waals surface area contributed by atoms with Gasteiger partial charge in [-0.25, -0.2) is 4.98 Å². The van der Waals surface area contributed by atoms with Gasteiger partial charge in [-0.15, -0.1) is 0 Å². The predicted octanol–water partition coefficient (Wildman–Crippen LogP) is 3.15. The van der Waals surface area contributed by atoms with E-state index in [9.17, 15) is 0 Å². The van der Waals surface area contributed by atoms with Crippen LogP contribution >= 0.6 is 0 Å². The largest absolute Gasteiger partial charge is 0.259 e. The van der Waals surface area contributed by atoms with Crippen LogP contribution in [0.15, 0.2) is 42.5 Å². The van der Waals surface area contributed by atoms with Gasteiger partial charge in [0.15, 0.2) is 11.6 Å². The van der Waals surface area contributed by atoms with Gasteiger partial charge in [-0.05, 0) is 26.0 Å². The van der Waals surface area contributed by atoms with Crippen molar-refractivity contribution in [1.82, 2.24) is 20.2 Å². The molecule has 4 nitrogen and oxygen atoms in total. The highest BCUT2D eigenvalue weighted by Gasteiger charge is 2.10. The summed E-state index contributed by atoms with van der Waals surface area (Å²) in [5, 5.41) is 7.24. The number of nitrogens with zero attached hydrogens (tertiary/aromatic N) is 3. The van der Waals surface area contributed by atoms with Gasteiger partial charge in [-0.2, -0.15) is 5.10 Å². The molecule has 1 N–H and O–H groups in total. The summed E-state index contributed by atoms with van der Waals surface area (Å²) in [4.78, 5) is 8.98. The van der Waals surface area contributed by atoms with E-state index in [0.29, 0.717) is 5.82 Å². The minimum absolute atomic E-state index is 0.704. The van der Waals surface area contributed by atoms with E-state index in [1.54, 1.807) is 0 Å². The van der Waals surface area contributed by atoms with E-state index >= 15 is 0 Å². The lowest BCUT2D eigenvalue weighted by atomic mass is 10.2. The van der Waals surface area contributed by atoms with Crippen LogP contribution in [0, 0.1) is 13.8 Å². The topological polar surface area (TPSA) is 54.5 Å². The smallest absolute Gasteiger partial charge is 0.181 e. The second kappa shape index (κ2) is 4.65. The lowest BCUT2D eigenvalue weighted by Gasteiger charge is -2.01. The Morgan fingerprint density at radius 3 is 2.42 bits per heavy atom. The number of rotatable bonds is 2. The van der Waals surface area contributed by atoms with E-state index < -0.39 is 0 Å². The molecule has 0 fully saturated rings. The minimum atomic E-state index is 0.704. The fourth-order valence-corrected chi connectivity index (χ4v) is 2.04. The molecule has 0 saturated heterocycles. The van der Waals surface area contributed by atoms with Crippen molar-refractivity contribution in [2.24, 2.45) is 0 Å². The molecule has 0 aliphatic heterocycles. The number of aryl methyl sites for hydroxylation is 2. The number of aromatic nitrogens is 4. The van der Waals surface area contributed by atoms with E-state index in [1.165, 1.54) is 0 Å². The second-order valence-corrected chi connectivity index (χ2v) is 4.46. The van der Waals surface area contributed by atoms with Crippen LogP contribution in [-0.2, 0) is 0 Å². The molecule has 2 aromatic heterocycles. The maximum Gasteiger partial charge on any atom is 0.181 e. The number of hydrogen-bond acceptors (Lipinski definition) is 3. The summed E-state index contributed by atoms with van der Waals surface area (Å²) >= 11 is 0. The highest BCUT2D eigenvalue weighted by atomic mass is 15.2. The normalized spacial score (nSPS) is 10.6. The van der Waals surface area contributed by atoms with Gasteiger partial charge >= 0.3 is 0 Å². The molecule has 3 aromatic rings. The summed E-state index contributed by atoms with van der Waals surface area (Å²) in [6.07, 6.45) is 0. The zero-order chi connectivity index (χ0) is 13.2. The highest BCUT2D eigenvalue weighted by molar-refractivity contribution is 5.62. The van der Waals surface area contributed by atoms with Crippen molar-refractivity contribution in [2.45, 2.75) is 13.8 Å². The van der Waals surface area contributed by atoms with Crippen molar-refractivity contribution in [1.29, 1.82) is 0 Å². The third-order valence-corrected chi connectivity index (χ3v) is 3.00. The summed E-state index contributed by atoms with van der Waals surface area (Å²) in [5.41, 5.74) is 3.95. The van der Waals surface area contributed by atoms with E-state index in [0.717, 1.165) is 28.3 Å². The first-order valence-electron chi connectivity index (χ1n) is 6.16. The molecule has 0 amide bonds. The summed E-state index contributed by atoms with van der Waals surface area (Å²) < 4.78 is 0. The van der Waals surface area contributed by atoms with Crippen LogP contribution in [0.1, 0.15) is 11.4 Å². The fraction of sp³-hybridized carbons (Fsp3) is 0.133. The first kappa shape index (κ1) is 11.6. The van der Waals surface area contributed by atoms with Crippen molar-refractivity contribution < 1.29 is 0 Å². The van der Waals surface area contributed by atoms with E-state index in [4.69, 9.17) is 0 Å². The molecule has 0 spiro atoms. The maximum absolute atomic E-state index is 4.53. The number of benzene rings is 1. The van der Waals surface area contributed by atoms with Crippen molar-refractivity contribution in [2.75, 3.05) is 0 Å². The minimum Gasteiger partial charge on any atom is -0.259 e. The van der Waals surface area contributed by atoms with Crippen LogP contribution in [-0.4, -0.2) is 20.2 Å². The third kappa shape index (κ3) is 2.25.